The zero-order valence-electron chi connectivity index (χ0n) is 10.9. The Balaban J connectivity index is 2.06. The Kier molecular flexibility index (Phi) is 4.70. The highest BCUT2D eigenvalue weighted by Crippen LogP contribution is 2.20. The van der Waals surface area contributed by atoms with E-state index in [1.165, 1.54) is 11.3 Å². The van der Waals surface area contributed by atoms with E-state index in [1.54, 1.807) is 24.3 Å². The van der Waals surface area contributed by atoms with Crippen LogP contribution in [0.4, 0.5) is 5.69 Å². The van der Waals surface area contributed by atoms with Crippen LogP contribution in [0.25, 0.3) is 0 Å². The van der Waals surface area contributed by atoms with Crippen LogP contribution < -0.4 is 15.8 Å². The molecule has 2 rings (SSSR count). The Hall–Kier alpha value is -1.92. The number of anilines is 1. The lowest BCUT2D eigenvalue weighted by Gasteiger charge is -2.08. The zero-order valence-corrected chi connectivity index (χ0v) is 12.5. The van der Waals surface area contributed by atoms with Gasteiger partial charge in [0.05, 0.1) is 5.56 Å². The smallest absolute Gasteiger partial charge is 0.256 e. The molecule has 3 N–H and O–H groups in total. The van der Waals surface area contributed by atoms with Gasteiger partial charge in [-0.25, -0.2) is 0 Å². The standard InChI is InChI=1S/C14H14N2O2S2/c1-9-7-20-8-12(9)14(17)16-10-3-2-4-11(5-10)18-6-13(15)19/h2-5,7-8H,6H2,1H3,(H2,15,19)(H,16,17). The molecule has 0 saturated carbocycles. The second kappa shape index (κ2) is 6.49. The maximum absolute atomic E-state index is 12.1. The molecule has 20 heavy (non-hydrogen) atoms. The molecule has 0 bridgehead atoms. The highest BCUT2D eigenvalue weighted by atomic mass is 32.1. The van der Waals surface area contributed by atoms with Gasteiger partial charge in [-0.05, 0) is 30.0 Å². The summed E-state index contributed by atoms with van der Waals surface area (Å²) in [4.78, 5) is 12.4. The lowest BCUT2D eigenvalue weighted by atomic mass is 10.2. The molecule has 0 spiro atoms. The van der Waals surface area contributed by atoms with Crippen LogP contribution in [0.2, 0.25) is 0 Å². The van der Waals surface area contributed by atoms with E-state index < -0.39 is 0 Å². The van der Waals surface area contributed by atoms with Crippen LogP contribution >= 0.6 is 23.6 Å². The number of hydrogen-bond acceptors (Lipinski definition) is 4. The molecule has 6 heteroatoms. The summed E-state index contributed by atoms with van der Waals surface area (Å²) in [5.41, 5.74) is 7.70. The summed E-state index contributed by atoms with van der Waals surface area (Å²) in [7, 11) is 0. The summed E-state index contributed by atoms with van der Waals surface area (Å²) in [5.74, 6) is 0.480. The number of carbonyl (C=O) groups excluding carboxylic acids is 1. The van der Waals surface area contributed by atoms with Gasteiger partial charge in [-0.2, -0.15) is 11.3 Å². The lowest BCUT2D eigenvalue weighted by Crippen LogP contribution is -2.18. The zero-order chi connectivity index (χ0) is 14.5. The van der Waals surface area contributed by atoms with Crippen molar-refractivity contribution in [2.45, 2.75) is 6.92 Å². The van der Waals surface area contributed by atoms with Crippen LogP contribution in [0.5, 0.6) is 5.75 Å². The van der Waals surface area contributed by atoms with E-state index in [2.05, 4.69) is 5.32 Å². The van der Waals surface area contributed by atoms with E-state index in [0.717, 1.165) is 5.56 Å². The fraction of sp³-hybridized carbons (Fsp3) is 0.143. The fourth-order valence-corrected chi connectivity index (χ4v) is 2.50. The number of amides is 1. The van der Waals surface area contributed by atoms with Gasteiger partial charge < -0.3 is 15.8 Å². The minimum atomic E-state index is -0.129. The molecule has 1 amide bonds. The second-order valence-electron chi connectivity index (χ2n) is 4.21. The van der Waals surface area contributed by atoms with Crippen LogP contribution in [-0.4, -0.2) is 17.5 Å². The highest BCUT2D eigenvalue weighted by molar-refractivity contribution is 7.80. The Morgan fingerprint density at radius 3 is 2.90 bits per heavy atom. The monoisotopic (exact) mass is 306 g/mol. The minimum absolute atomic E-state index is 0.129. The molecule has 0 saturated heterocycles. The van der Waals surface area contributed by atoms with Crippen molar-refractivity contribution in [1.82, 2.24) is 0 Å². The number of nitrogens with two attached hydrogens (primary N) is 1. The Bertz CT molecular complexity index is 638. The minimum Gasteiger partial charge on any atom is -0.486 e. The van der Waals surface area contributed by atoms with Crippen LogP contribution in [-0.2, 0) is 0 Å². The molecule has 0 atom stereocenters. The van der Waals surface area contributed by atoms with Gasteiger partial charge in [-0.15, -0.1) is 0 Å². The van der Waals surface area contributed by atoms with Crippen LogP contribution in [0.15, 0.2) is 35.0 Å². The third kappa shape index (κ3) is 3.79. The van der Waals surface area contributed by atoms with Crippen molar-refractivity contribution >= 4 is 40.1 Å². The Labute approximate surface area is 126 Å². The average molecular weight is 306 g/mol. The molecule has 1 aromatic carbocycles. The van der Waals surface area contributed by atoms with Crippen LogP contribution in [0, 0.1) is 6.92 Å². The number of nitrogens with one attached hydrogen (secondary N) is 1. The number of rotatable bonds is 5. The number of hydrogen-bond donors (Lipinski definition) is 2. The summed E-state index contributed by atoms with van der Waals surface area (Å²) < 4.78 is 5.39. The first-order chi connectivity index (χ1) is 9.56. The quantitative estimate of drug-likeness (QED) is 0.834. The van der Waals surface area contributed by atoms with Crippen molar-refractivity contribution in [2.24, 2.45) is 5.73 Å². The topological polar surface area (TPSA) is 64.3 Å². The third-order valence-corrected chi connectivity index (χ3v) is 3.55. The van der Waals surface area contributed by atoms with Crippen molar-refractivity contribution < 1.29 is 9.53 Å². The molecule has 0 aliphatic rings. The van der Waals surface area contributed by atoms with E-state index in [9.17, 15) is 4.79 Å². The summed E-state index contributed by atoms with van der Waals surface area (Å²) in [6.45, 7) is 2.09. The predicted octanol–water partition coefficient (Wildman–Crippen LogP) is 2.97. The first-order valence-electron chi connectivity index (χ1n) is 5.91. The van der Waals surface area contributed by atoms with Gasteiger partial charge in [0.2, 0.25) is 0 Å². The molecule has 0 fully saturated rings. The molecule has 4 nitrogen and oxygen atoms in total. The summed E-state index contributed by atoms with van der Waals surface area (Å²) in [5, 5.41) is 6.61. The number of benzene rings is 1. The van der Waals surface area contributed by atoms with Crippen molar-refractivity contribution in [2.75, 3.05) is 11.9 Å². The van der Waals surface area contributed by atoms with Crippen LogP contribution in [0.3, 0.4) is 0 Å². The largest absolute Gasteiger partial charge is 0.486 e. The molecule has 0 radical (unpaired) electrons. The van der Waals surface area contributed by atoms with E-state index in [4.69, 9.17) is 22.7 Å². The van der Waals surface area contributed by atoms with Crippen molar-refractivity contribution in [3.63, 3.8) is 0 Å². The van der Waals surface area contributed by atoms with E-state index in [-0.39, 0.29) is 17.5 Å². The Morgan fingerprint density at radius 1 is 1.45 bits per heavy atom. The molecule has 0 aliphatic heterocycles. The van der Waals surface area contributed by atoms with Crippen molar-refractivity contribution in [3.8, 4) is 5.75 Å². The highest BCUT2D eigenvalue weighted by Gasteiger charge is 2.10. The number of carbonyl (C=O) groups is 1. The molecule has 0 aliphatic carbocycles. The lowest BCUT2D eigenvalue weighted by molar-refractivity contribution is 0.102. The summed E-state index contributed by atoms with van der Waals surface area (Å²) >= 11 is 6.26. The third-order valence-electron chi connectivity index (χ3n) is 2.57. The second-order valence-corrected chi connectivity index (χ2v) is 5.47. The van der Waals surface area contributed by atoms with E-state index >= 15 is 0 Å². The van der Waals surface area contributed by atoms with Gasteiger partial charge in [-0.3, -0.25) is 4.79 Å². The van der Waals surface area contributed by atoms with E-state index in [0.29, 0.717) is 17.0 Å². The SMILES string of the molecule is Cc1cscc1C(=O)Nc1cccc(OCC(N)=S)c1. The summed E-state index contributed by atoms with van der Waals surface area (Å²) in [6, 6.07) is 7.11. The van der Waals surface area contributed by atoms with Crippen molar-refractivity contribution in [1.29, 1.82) is 0 Å². The first-order valence-corrected chi connectivity index (χ1v) is 7.26. The molecule has 0 unspecified atom stereocenters. The average Bonchev–Trinajstić information content (AvgIpc) is 2.83. The van der Waals surface area contributed by atoms with Gasteiger partial charge in [0.25, 0.3) is 5.91 Å². The number of thiocarbonyl (C=S) groups is 1. The van der Waals surface area contributed by atoms with Gasteiger partial charge in [-0.1, -0.05) is 18.3 Å². The van der Waals surface area contributed by atoms with Crippen molar-refractivity contribution in [3.05, 3.63) is 46.2 Å². The maximum atomic E-state index is 12.1. The number of ether oxygens (including phenoxy) is 1. The molecule has 104 valence electrons. The van der Waals surface area contributed by atoms with Gasteiger partial charge in [0.15, 0.2) is 0 Å². The molecule has 2 aromatic rings. The fourth-order valence-electron chi connectivity index (χ4n) is 1.61. The molecular weight excluding hydrogens is 292 g/mol. The normalized spacial score (nSPS) is 10.1. The molecule has 1 heterocycles. The molecular formula is C14H14N2O2S2. The number of aryl methyl sites for hydroxylation is 1. The van der Waals surface area contributed by atoms with Gasteiger partial charge in [0, 0.05) is 17.1 Å². The van der Waals surface area contributed by atoms with Crippen LogP contribution in [0.1, 0.15) is 15.9 Å². The number of thiophene rings is 1. The predicted molar refractivity (Wildman–Crippen MR) is 85.7 cm³/mol. The van der Waals surface area contributed by atoms with E-state index in [1.807, 2.05) is 17.7 Å². The molecule has 1 aromatic heterocycles. The summed E-state index contributed by atoms with van der Waals surface area (Å²) in [6.07, 6.45) is 0. The van der Waals surface area contributed by atoms with Gasteiger partial charge in [0.1, 0.15) is 17.3 Å². The van der Waals surface area contributed by atoms with Gasteiger partial charge >= 0.3 is 0 Å². The maximum Gasteiger partial charge on any atom is 0.256 e. The Morgan fingerprint density at radius 2 is 2.25 bits per heavy atom. The first kappa shape index (κ1) is 14.5.